The lowest BCUT2D eigenvalue weighted by molar-refractivity contribution is -0.138. The van der Waals surface area contributed by atoms with Gasteiger partial charge in [0.25, 0.3) is 5.91 Å². The van der Waals surface area contributed by atoms with Crippen molar-refractivity contribution in [1.29, 1.82) is 0 Å². The van der Waals surface area contributed by atoms with E-state index < -0.39 is 24.0 Å². The van der Waals surface area contributed by atoms with E-state index in [9.17, 15) is 27.2 Å². The molecule has 47 heavy (non-hydrogen) atoms. The third kappa shape index (κ3) is 5.75. The van der Waals surface area contributed by atoms with Crippen LogP contribution in [0.1, 0.15) is 42.1 Å². The Balaban J connectivity index is 1.05. The monoisotopic (exact) mass is 651 g/mol. The van der Waals surface area contributed by atoms with Crippen LogP contribution >= 0.6 is 0 Å². The summed E-state index contributed by atoms with van der Waals surface area (Å²) in [6.45, 7) is 1.37. The van der Waals surface area contributed by atoms with Crippen molar-refractivity contribution in [3.05, 3.63) is 71.7 Å². The fourth-order valence-electron chi connectivity index (χ4n) is 7.00. The largest absolute Gasteiger partial charge is 0.432 e. The molecule has 3 aliphatic rings. The molecule has 0 radical (unpaired) electrons. The van der Waals surface area contributed by atoms with E-state index in [1.165, 1.54) is 23.0 Å². The summed E-state index contributed by atoms with van der Waals surface area (Å²) in [7, 11) is 0. The van der Waals surface area contributed by atoms with Crippen LogP contribution in [0.2, 0.25) is 0 Å². The lowest BCUT2D eigenvalue weighted by atomic mass is 9.93. The van der Waals surface area contributed by atoms with E-state index in [4.69, 9.17) is 0 Å². The Morgan fingerprint density at radius 2 is 1.91 bits per heavy atom. The third-order valence-electron chi connectivity index (χ3n) is 9.42. The summed E-state index contributed by atoms with van der Waals surface area (Å²) in [5.41, 5.74) is 2.36. The molecule has 2 amide bonds. The number of anilines is 2. The number of nitrogens with zero attached hydrogens (tertiary/aromatic N) is 5. The Hall–Kier alpha value is -4.72. The van der Waals surface area contributed by atoms with E-state index in [-0.39, 0.29) is 29.0 Å². The highest BCUT2D eigenvalue weighted by molar-refractivity contribution is 5.96. The molecule has 2 aromatic carbocycles. The molecule has 0 saturated carbocycles. The van der Waals surface area contributed by atoms with Crippen molar-refractivity contribution in [1.82, 2.24) is 29.5 Å². The van der Waals surface area contributed by atoms with E-state index in [0.717, 1.165) is 37.2 Å². The van der Waals surface area contributed by atoms with Gasteiger partial charge in [-0.15, -0.1) is 0 Å². The number of hydrogen-bond acceptors (Lipinski definition) is 7. The number of carbonyl (C=O) groups is 2. The summed E-state index contributed by atoms with van der Waals surface area (Å²) < 4.78 is 60.0. The second-order valence-electron chi connectivity index (χ2n) is 12.1. The first-order valence-electron chi connectivity index (χ1n) is 15.7. The summed E-state index contributed by atoms with van der Waals surface area (Å²) in [6.07, 6.45) is 7.24. The number of hydrogen-bond donors (Lipinski definition) is 2. The van der Waals surface area contributed by atoms with E-state index in [1.54, 1.807) is 12.1 Å². The van der Waals surface area contributed by atoms with Crippen LogP contribution in [0.4, 0.5) is 29.1 Å². The van der Waals surface area contributed by atoms with Crippen LogP contribution < -0.4 is 15.4 Å². The maximum absolute atomic E-state index is 14.9. The number of amides is 2. The second-order valence-corrected chi connectivity index (χ2v) is 12.1. The molecule has 2 atom stereocenters. The quantitative estimate of drug-likeness (QED) is 0.259. The average Bonchev–Trinajstić information content (AvgIpc) is 3.83. The molecule has 7 rings (SSSR count). The number of aromatic nitrogens is 3. The van der Waals surface area contributed by atoms with Crippen LogP contribution in [-0.2, 0) is 11.2 Å². The number of ether oxygens (including phenoxy) is 1. The summed E-state index contributed by atoms with van der Waals surface area (Å²) in [5, 5.41) is 6.64. The van der Waals surface area contributed by atoms with E-state index in [1.807, 2.05) is 22.8 Å². The molecule has 0 unspecified atom stereocenters. The van der Waals surface area contributed by atoms with Crippen LogP contribution in [0, 0.1) is 17.6 Å². The number of likely N-dealkylation sites (tertiary alicyclic amines) is 2. The molecular formula is C33H33F4N7O3. The minimum absolute atomic E-state index is 0.0524. The predicted octanol–water partition coefficient (Wildman–Crippen LogP) is 5.01. The van der Waals surface area contributed by atoms with Crippen molar-refractivity contribution < 1.29 is 31.9 Å². The number of piperidine rings is 1. The molecule has 3 saturated heterocycles. The van der Waals surface area contributed by atoms with Crippen molar-refractivity contribution in [3.8, 4) is 17.0 Å². The first-order valence-corrected chi connectivity index (χ1v) is 15.7. The molecule has 0 spiro atoms. The van der Waals surface area contributed by atoms with Gasteiger partial charge in [-0.25, -0.2) is 14.4 Å². The number of imidazole rings is 1. The topological polar surface area (TPSA) is 104 Å². The zero-order valence-electron chi connectivity index (χ0n) is 25.6. The number of nitrogens with one attached hydrogen (secondary N) is 2. The van der Waals surface area contributed by atoms with E-state index in [2.05, 4.69) is 25.3 Å². The average molecular weight is 652 g/mol. The number of rotatable bonds is 8. The van der Waals surface area contributed by atoms with Crippen LogP contribution in [0.15, 0.2) is 48.9 Å². The van der Waals surface area contributed by atoms with Crippen molar-refractivity contribution in [3.63, 3.8) is 0 Å². The molecule has 3 fully saturated rings. The Morgan fingerprint density at radius 1 is 1.11 bits per heavy atom. The van der Waals surface area contributed by atoms with Gasteiger partial charge in [0, 0.05) is 73.4 Å². The summed E-state index contributed by atoms with van der Waals surface area (Å²) in [4.78, 5) is 39.3. The number of carbonyl (C=O) groups excluding carboxylic acids is 2. The van der Waals surface area contributed by atoms with E-state index in [0.29, 0.717) is 67.2 Å². The van der Waals surface area contributed by atoms with Gasteiger partial charge in [0.15, 0.2) is 23.0 Å². The van der Waals surface area contributed by atoms with Gasteiger partial charge in [-0.2, -0.15) is 13.2 Å². The summed E-state index contributed by atoms with van der Waals surface area (Å²) in [6, 6.07) is 8.20. The number of halogens is 4. The first kappa shape index (κ1) is 30.9. The number of fused-ring (bicyclic) bond motifs is 3. The first-order chi connectivity index (χ1) is 22.7. The zero-order chi connectivity index (χ0) is 32.8. The lowest BCUT2D eigenvalue weighted by Gasteiger charge is -2.36. The molecule has 2 bridgehead atoms. The Labute approximate surface area is 267 Å². The second kappa shape index (κ2) is 12.5. The van der Waals surface area contributed by atoms with Crippen LogP contribution in [-0.4, -0.2) is 80.9 Å². The molecule has 246 valence electrons. The smallest absolute Gasteiger partial charge is 0.387 e. The number of benzene rings is 2. The van der Waals surface area contributed by atoms with Crippen LogP contribution in [0.25, 0.3) is 16.9 Å². The Bertz CT molecular complexity index is 1840. The van der Waals surface area contributed by atoms with Gasteiger partial charge in [-0.3, -0.25) is 14.0 Å². The maximum atomic E-state index is 14.9. The maximum Gasteiger partial charge on any atom is 0.387 e. The highest BCUT2D eigenvalue weighted by Gasteiger charge is 2.42. The minimum Gasteiger partial charge on any atom is -0.432 e. The molecule has 0 aliphatic carbocycles. The van der Waals surface area contributed by atoms with Crippen LogP contribution in [0.3, 0.4) is 0 Å². The van der Waals surface area contributed by atoms with Crippen molar-refractivity contribution in [2.24, 2.45) is 5.92 Å². The molecule has 2 aromatic heterocycles. The van der Waals surface area contributed by atoms with Crippen molar-refractivity contribution >= 4 is 29.0 Å². The highest BCUT2D eigenvalue weighted by Crippen LogP contribution is 2.33. The fourth-order valence-corrected chi connectivity index (χ4v) is 7.00. The fraction of sp³-hybridized carbons (Fsp3) is 0.394. The van der Waals surface area contributed by atoms with Gasteiger partial charge in [0.05, 0.1) is 11.9 Å². The molecule has 10 nitrogen and oxygen atoms in total. The molecule has 5 heterocycles. The highest BCUT2D eigenvalue weighted by atomic mass is 19.3. The Kier molecular flexibility index (Phi) is 8.20. The minimum atomic E-state index is -3.30. The molecule has 2 N–H and O–H groups in total. The number of aryl methyl sites for hydroxylation is 1. The molecular weight excluding hydrogens is 618 g/mol. The summed E-state index contributed by atoms with van der Waals surface area (Å²) in [5.74, 6) is -3.35. The zero-order valence-corrected chi connectivity index (χ0v) is 25.6. The molecule has 4 aromatic rings. The Morgan fingerprint density at radius 3 is 2.62 bits per heavy atom. The third-order valence-corrected chi connectivity index (χ3v) is 9.42. The SMILES string of the molecule is CCc1cc(Nc2nccn3c(-c4ccc(OC(F)F)c(F)c4F)cnc23)ccc1C(=O)N1CCC(C(=O)N2C[C@@H]3C[C@H]2CN3)CC1. The van der Waals surface area contributed by atoms with E-state index >= 15 is 0 Å². The molecule has 3 aliphatic heterocycles. The van der Waals surface area contributed by atoms with Gasteiger partial charge < -0.3 is 25.2 Å². The summed E-state index contributed by atoms with van der Waals surface area (Å²) >= 11 is 0. The van der Waals surface area contributed by atoms with Crippen molar-refractivity contribution in [2.75, 3.05) is 31.5 Å². The van der Waals surface area contributed by atoms with Crippen molar-refractivity contribution in [2.45, 2.75) is 51.3 Å². The van der Waals surface area contributed by atoms with Gasteiger partial charge in [0.1, 0.15) is 0 Å². The normalized spacial score (nSPS) is 19.6. The van der Waals surface area contributed by atoms with Gasteiger partial charge in [-0.1, -0.05) is 6.92 Å². The number of piperazine rings is 1. The van der Waals surface area contributed by atoms with Crippen LogP contribution in [0.5, 0.6) is 5.75 Å². The standard InChI is InChI=1S/C33H33F4N7O3/c1-2-18-13-20(3-4-23(18)32(46)42-10-7-19(8-11-42)31(45)44-17-21-14-22(44)15-39-21)41-29-30-40-16-25(43(30)12-9-38-29)24-5-6-26(47-33(36)37)28(35)27(24)34/h3-6,9,12-13,16,19,21-22,33,39H,2,7-8,10-11,14-15,17H2,1H3,(H,38,41)/t21-,22-/m0/s1. The predicted molar refractivity (Wildman–Crippen MR) is 165 cm³/mol. The number of alkyl halides is 2. The van der Waals surface area contributed by atoms with Gasteiger partial charge >= 0.3 is 6.61 Å². The van der Waals surface area contributed by atoms with Gasteiger partial charge in [0.2, 0.25) is 11.7 Å². The lowest BCUT2D eigenvalue weighted by Crippen LogP contribution is -2.50. The molecule has 14 heteroatoms. The van der Waals surface area contributed by atoms with Gasteiger partial charge in [-0.05, 0) is 61.6 Å².